The van der Waals surface area contributed by atoms with Crippen LogP contribution in [0.3, 0.4) is 0 Å². The minimum Gasteiger partial charge on any atom is -0.481 e. The van der Waals surface area contributed by atoms with Crippen LogP contribution in [-0.4, -0.2) is 35.0 Å². The summed E-state index contributed by atoms with van der Waals surface area (Å²) in [5.41, 5.74) is 0.0526. The second-order valence-electron chi connectivity index (χ2n) is 6.81. The molecule has 23 heavy (non-hydrogen) atoms. The predicted molar refractivity (Wildman–Crippen MR) is 88.4 cm³/mol. The molecule has 3 rings (SSSR count). The third-order valence-corrected chi connectivity index (χ3v) is 5.80. The van der Waals surface area contributed by atoms with Crippen molar-refractivity contribution in [3.8, 4) is 0 Å². The van der Waals surface area contributed by atoms with Gasteiger partial charge in [-0.3, -0.25) is 9.59 Å². The molecular weight excluding hydrogens is 314 g/mol. The van der Waals surface area contributed by atoms with Crippen molar-refractivity contribution < 1.29 is 14.7 Å². The number of carboxylic acid groups (broad SMARTS) is 1. The number of halogens is 1. The van der Waals surface area contributed by atoms with E-state index in [-0.39, 0.29) is 11.8 Å². The number of carbonyl (C=O) groups is 2. The van der Waals surface area contributed by atoms with Gasteiger partial charge in [-0.15, -0.1) is 0 Å². The van der Waals surface area contributed by atoms with E-state index in [4.69, 9.17) is 11.6 Å². The molecule has 1 amide bonds. The Hall–Kier alpha value is -1.55. The van der Waals surface area contributed by atoms with Crippen LogP contribution >= 0.6 is 11.6 Å². The Morgan fingerprint density at radius 1 is 1.22 bits per heavy atom. The largest absolute Gasteiger partial charge is 0.481 e. The van der Waals surface area contributed by atoms with Crippen molar-refractivity contribution in [3.05, 3.63) is 34.9 Å². The van der Waals surface area contributed by atoms with Gasteiger partial charge in [0, 0.05) is 24.0 Å². The zero-order chi connectivity index (χ0) is 16.4. The number of hydrogen-bond acceptors (Lipinski definition) is 2. The SMILES string of the molecule is O=C(C1CCC1)N1CCC(Cc2ccccc2Cl)(C(=O)O)CC1. The molecule has 0 spiro atoms. The standard InChI is InChI=1S/C18H22ClNO3/c19-15-7-2-1-4-14(15)12-18(17(22)23)8-10-20(11-9-18)16(21)13-5-3-6-13/h1-2,4,7,13H,3,5-6,8-12H2,(H,22,23). The number of likely N-dealkylation sites (tertiary alicyclic amines) is 1. The number of rotatable bonds is 4. The molecule has 1 aromatic rings. The zero-order valence-electron chi connectivity index (χ0n) is 13.1. The van der Waals surface area contributed by atoms with Crippen molar-refractivity contribution in [2.24, 2.45) is 11.3 Å². The number of piperidine rings is 1. The van der Waals surface area contributed by atoms with Crippen LogP contribution in [0.5, 0.6) is 0 Å². The van der Waals surface area contributed by atoms with E-state index in [9.17, 15) is 14.7 Å². The Bertz CT molecular complexity index is 604. The minimum atomic E-state index is -0.818. The van der Waals surface area contributed by atoms with Gasteiger partial charge in [-0.05, 0) is 43.7 Å². The van der Waals surface area contributed by atoms with Crippen LogP contribution in [-0.2, 0) is 16.0 Å². The fourth-order valence-corrected chi connectivity index (χ4v) is 3.74. The molecule has 1 saturated carbocycles. The first-order valence-corrected chi connectivity index (χ1v) is 8.65. The van der Waals surface area contributed by atoms with Gasteiger partial charge in [0.25, 0.3) is 0 Å². The Balaban J connectivity index is 1.70. The molecule has 1 aliphatic heterocycles. The molecule has 124 valence electrons. The lowest BCUT2D eigenvalue weighted by atomic mass is 9.73. The van der Waals surface area contributed by atoms with Gasteiger partial charge in [0.2, 0.25) is 5.91 Å². The molecule has 2 fully saturated rings. The summed E-state index contributed by atoms with van der Waals surface area (Å²) < 4.78 is 0. The fourth-order valence-electron chi connectivity index (χ4n) is 3.54. The second kappa shape index (κ2) is 6.52. The third-order valence-electron chi connectivity index (χ3n) is 5.43. The van der Waals surface area contributed by atoms with Crippen LogP contribution < -0.4 is 0 Å². The molecule has 1 heterocycles. The fraction of sp³-hybridized carbons (Fsp3) is 0.556. The highest BCUT2D eigenvalue weighted by atomic mass is 35.5. The summed E-state index contributed by atoms with van der Waals surface area (Å²) in [5, 5.41) is 10.4. The molecule has 5 heteroatoms. The maximum atomic E-state index is 12.3. The summed E-state index contributed by atoms with van der Waals surface area (Å²) in [6.07, 6.45) is 4.51. The molecule has 0 unspecified atom stereocenters. The molecule has 1 aliphatic carbocycles. The van der Waals surface area contributed by atoms with Gasteiger partial charge in [0.15, 0.2) is 0 Å². The van der Waals surface area contributed by atoms with Gasteiger partial charge < -0.3 is 10.0 Å². The number of carboxylic acids is 1. The van der Waals surface area contributed by atoms with Gasteiger partial charge in [-0.2, -0.15) is 0 Å². The lowest BCUT2D eigenvalue weighted by molar-refractivity contribution is -0.155. The molecule has 0 aromatic heterocycles. The summed E-state index contributed by atoms with van der Waals surface area (Å²) in [6, 6.07) is 7.41. The van der Waals surface area contributed by atoms with Crippen LogP contribution in [0.4, 0.5) is 0 Å². The van der Waals surface area contributed by atoms with Crippen LogP contribution in [0.25, 0.3) is 0 Å². The van der Waals surface area contributed by atoms with E-state index in [1.807, 2.05) is 23.1 Å². The summed E-state index contributed by atoms with van der Waals surface area (Å²) >= 11 is 6.20. The van der Waals surface area contributed by atoms with Crippen molar-refractivity contribution in [3.63, 3.8) is 0 Å². The molecule has 2 aliphatic rings. The number of hydrogen-bond donors (Lipinski definition) is 1. The number of aliphatic carboxylic acids is 1. The van der Waals surface area contributed by atoms with Gasteiger partial charge >= 0.3 is 5.97 Å². The van der Waals surface area contributed by atoms with E-state index in [0.717, 1.165) is 24.8 Å². The van der Waals surface area contributed by atoms with Crippen LogP contribution in [0, 0.1) is 11.3 Å². The number of benzene rings is 1. The van der Waals surface area contributed by atoms with E-state index < -0.39 is 11.4 Å². The second-order valence-corrected chi connectivity index (χ2v) is 7.21. The molecular formula is C18H22ClNO3. The third kappa shape index (κ3) is 3.23. The highest BCUT2D eigenvalue weighted by Crippen LogP contribution is 2.38. The quantitative estimate of drug-likeness (QED) is 0.917. The van der Waals surface area contributed by atoms with E-state index >= 15 is 0 Å². The summed E-state index contributed by atoms with van der Waals surface area (Å²) in [5.74, 6) is -0.392. The topological polar surface area (TPSA) is 57.6 Å². The highest BCUT2D eigenvalue weighted by Gasteiger charge is 2.43. The molecule has 1 saturated heterocycles. The molecule has 1 aromatic carbocycles. The monoisotopic (exact) mass is 335 g/mol. The first-order chi connectivity index (χ1) is 11.0. The number of nitrogens with zero attached hydrogens (tertiary/aromatic N) is 1. The first-order valence-electron chi connectivity index (χ1n) is 8.27. The van der Waals surface area contributed by atoms with Gasteiger partial charge in [0.1, 0.15) is 0 Å². The Morgan fingerprint density at radius 3 is 2.39 bits per heavy atom. The van der Waals surface area contributed by atoms with Gasteiger partial charge in [-0.1, -0.05) is 36.2 Å². The van der Waals surface area contributed by atoms with E-state index in [0.29, 0.717) is 37.4 Å². The zero-order valence-corrected chi connectivity index (χ0v) is 13.9. The van der Waals surface area contributed by atoms with E-state index in [2.05, 4.69) is 0 Å². The van der Waals surface area contributed by atoms with E-state index in [1.54, 1.807) is 6.07 Å². The first kappa shape index (κ1) is 16.3. The Morgan fingerprint density at radius 2 is 1.87 bits per heavy atom. The summed E-state index contributed by atoms with van der Waals surface area (Å²) in [7, 11) is 0. The number of amides is 1. The Labute approximate surface area is 141 Å². The average Bonchev–Trinajstić information content (AvgIpc) is 2.48. The van der Waals surface area contributed by atoms with Crippen LogP contribution in [0.2, 0.25) is 5.02 Å². The van der Waals surface area contributed by atoms with Crippen molar-refractivity contribution in [1.82, 2.24) is 4.90 Å². The summed E-state index contributed by atoms with van der Waals surface area (Å²) in [6.45, 7) is 1.07. The predicted octanol–water partition coefficient (Wildman–Crippen LogP) is 3.38. The maximum Gasteiger partial charge on any atom is 0.310 e. The van der Waals surface area contributed by atoms with Crippen molar-refractivity contribution in [2.75, 3.05) is 13.1 Å². The van der Waals surface area contributed by atoms with Gasteiger partial charge in [-0.25, -0.2) is 0 Å². The maximum absolute atomic E-state index is 12.3. The molecule has 4 nitrogen and oxygen atoms in total. The molecule has 1 N–H and O–H groups in total. The van der Waals surface area contributed by atoms with Gasteiger partial charge in [0.05, 0.1) is 5.41 Å². The van der Waals surface area contributed by atoms with Crippen LogP contribution in [0.15, 0.2) is 24.3 Å². The lowest BCUT2D eigenvalue weighted by Crippen LogP contribution is -2.49. The molecule has 0 radical (unpaired) electrons. The smallest absolute Gasteiger partial charge is 0.310 e. The normalized spacial score (nSPS) is 20.8. The van der Waals surface area contributed by atoms with Crippen LogP contribution in [0.1, 0.15) is 37.7 Å². The van der Waals surface area contributed by atoms with Crippen molar-refractivity contribution in [2.45, 2.75) is 38.5 Å². The number of carbonyl (C=O) groups excluding carboxylic acids is 1. The minimum absolute atomic E-state index is 0.177. The average molecular weight is 336 g/mol. The molecule has 0 bridgehead atoms. The lowest BCUT2D eigenvalue weighted by Gasteiger charge is -2.41. The van der Waals surface area contributed by atoms with E-state index in [1.165, 1.54) is 0 Å². The Kier molecular flexibility index (Phi) is 4.62. The molecule has 0 atom stereocenters. The van der Waals surface area contributed by atoms with Crippen molar-refractivity contribution >= 4 is 23.5 Å². The van der Waals surface area contributed by atoms with Crippen molar-refractivity contribution in [1.29, 1.82) is 0 Å². The highest BCUT2D eigenvalue weighted by molar-refractivity contribution is 6.31. The summed E-state index contributed by atoms with van der Waals surface area (Å²) in [4.78, 5) is 26.1.